The Morgan fingerprint density at radius 1 is 0.971 bits per heavy atom. The van der Waals surface area contributed by atoms with Crippen molar-refractivity contribution >= 4 is 29.5 Å². The largest absolute Gasteiger partial charge is 0.324 e. The molecular formula is C27H42N3O3S+. The van der Waals surface area contributed by atoms with Crippen molar-refractivity contribution in [1.82, 2.24) is 10.2 Å². The second kappa shape index (κ2) is 12.7. The molecule has 3 amide bonds. The quantitative estimate of drug-likeness (QED) is 0.178. The third kappa shape index (κ3) is 6.42. The summed E-state index contributed by atoms with van der Waals surface area (Å²) in [5.41, 5.74) is 1.74. The molecule has 0 saturated carbocycles. The van der Waals surface area contributed by atoms with E-state index < -0.39 is 6.04 Å². The van der Waals surface area contributed by atoms with Crippen molar-refractivity contribution in [1.29, 1.82) is 0 Å². The number of rotatable bonds is 14. The van der Waals surface area contributed by atoms with Crippen LogP contribution in [0.5, 0.6) is 0 Å². The fourth-order valence-corrected chi connectivity index (χ4v) is 6.37. The molecule has 7 heteroatoms. The van der Waals surface area contributed by atoms with Crippen LogP contribution >= 0.6 is 11.8 Å². The van der Waals surface area contributed by atoms with E-state index in [9.17, 15) is 14.4 Å². The Hall–Kier alpha value is -1.86. The van der Waals surface area contributed by atoms with E-state index in [1.807, 2.05) is 23.9 Å². The molecule has 0 aliphatic carbocycles. The summed E-state index contributed by atoms with van der Waals surface area (Å²) in [5.74, 6) is 0.348. The number of nitrogens with one attached hydrogen (secondary N) is 1. The van der Waals surface area contributed by atoms with Crippen molar-refractivity contribution in [3.8, 4) is 0 Å². The van der Waals surface area contributed by atoms with Crippen LogP contribution in [0, 0.1) is 0 Å². The molecule has 1 aromatic carbocycles. The maximum Gasteiger partial charge on any atom is 0.255 e. The van der Waals surface area contributed by atoms with E-state index >= 15 is 0 Å². The standard InChI is InChI=1S/C27H41N3O3S/c1-4-30(5-2,6-3)18-11-9-7-8-10-12-19-34-24-15-13-14-21-22(24)20-29(27(21)33)23-16-17-25(31)28-26(23)32/h13-15,23H,4-12,16-20H2,1-3H3/p+1. The monoisotopic (exact) mass is 488 g/mol. The zero-order chi connectivity index (χ0) is 24.6. The van der Waals surface area contributed by atoms with Crippen LogP contribution in [0.3, 0.4) is 0 Å². The van der Waals surface area contributed by atoms with Crippen LogP contribution in [-0.2, 0) is 16.1 Å². The highest BCUT2D eigenvalue weighted by molar-refractivity contribution is 7.99. The van der Waals surface area contributed by atoms with Crippen LogP contribution in [0.2, 0.25) is 0 Å². The number of carbonyl (C=O) groups is 3. The van der Waals surface area contributed by atoms with Gasteiger partial charge in [-0.3, -0.25) is 19.7 Å². The summed E-state index contributed by atoms with van der Waals surface area (Å²) in [6.07, 6.45) is 8.39. The molecule has 0 bridgehead atoms. The lowest BCUT2D eigenvalue weighted by Crippen LogP contribution is -2.52. The van der Waals surface area contributed by atoms with Gasteiger partial charge in [-0.2, -0.15) is 0 Å². The molecule has 0 radical (unpaired) electrons. The maximum atomic E-state index is 12.9. The number of unbranched alkanes of at least 4 members (excludes halogenated alkanes) is 5. The predicted octanol–water partition coefficient (Wildman–Crippen LogP) is 4.76. The van der Waals surface area contributed by atoms with Crippen LogP contribution in [-0.4, -0.2) is 65.1 Å². The molecule has 2 aliphatic rings. The smallest absolute Gasteiger partial charge is 0.255 e. The number of imide groups is 1. The summed E-state index contributed by atoms with van der Waals surface area (Å²) in [6, 6.07) is 5.33. The molecule has 2 aliphatic heterocycles. The van der Waals surface area contributed by atoms with Gasteiger partial charge in [-0.1, -0.05) is 25.3 Å². The van der Waals surface area contributed by atoms with Crippen molar-refractivity contribution in [2.75, 3.05) is 31.9 Å². The fourth-order valence-electron chi connectivity index (χ4n) is 5.28. The van der Waals surface area contributed by atoms with Gasteiger partial charge in [-0.25, -0.2) is 0 Å². The number of amides is 3. The number of fused-ring (bicyclic) bond motifs is 1. The molecule has 1 unspecified atom stereocenters. The van der Waals surface area contributed by atoms with Gasteiger partial charge in [0.15, 0.2) is 0 Å². The first kappa shape index (κ1) is 26.7. The third-order valence-electron chi connectivity index (χ3n) is 7.84. The second-order valence-electron chi connectivity index (χ2n) is 9.67. The van der Waals surface area contributed by atoms with E-state index in [-0.39, 0.29) is 24.1 Å². The average molecular weight is 489 g/mol. The lowest BCUT2D eigenvalue weighted by molar-refractivity contribution is -0.923. The summed E-state index contributed by atoms with van der Waals surface area (Å²) in [6.45, 7) is 12.4. The predicted molar refractivity (Wildman–Crippen MR) is 138 cm³/mol. The average Bonchev–Trinajstić information content (AvgIpc) is 3.18. The van der Waals surface area contributed by atoms with Gasteiger partial charge >= 0.3 is 0 Å². The topological polar surface area (TPSA) is 66.5 Å². The summed E-state index contributed by atoms with van der Waals surface area (Å²) in [4.78, 5) is 39.5. The van der Waals surface area contributed by atoms with E-state index in [4.69, 9.17) is 0 Å². The highest BCUT2D eigenvalue weighted by Gasteiger charge is 2.39. The Morgan fingerprint density at radius 2 is 1.65 bits per heavy atom. The number of piperidine rings is 1. The molecule has 34 heavy (non-hydrogen) atoms. The van der Waals surface area contributed by atoms with Crippen LogP contribution in [0.4, 0.5) is 0 Å². The number of benzene rings is 1. The Balaban J connectivity index is 1.39. The Kier molecular flexibility index (Phi) is 10.0. The van der Waals surface area contributed by atoms with Crippen molar-refractivity contribution < 1.29 is 18.9 Å². The molecule has 1 aromatic rings. The summed E-state index contributed by atoms with van der Waals surface area (Å²) in [7, 11) is 0. The first-order valence-corrected chi connectivity index (χ1v) is 14.2. The van der Waals surface area contributed by atoms with Crippen molar-refractivity contribution in [3.05, 3.63) is 29.3 Å². The number of nitrogens with zero attached hydrogens (tertiary/aromatic N) is 2. The molecule has 6 nitrogen and oxygen atoms in total. The lowest BCUT2D eigenvalue weighted by Gasteiger charge is -2.35. The van der Waals surface area contributed by atoms with Crippen molar-refractivity contribution in [3.63, 3.8) is 0 Å². The van der Waals surface area contributed by atoms with Crippen LogP contribution in [0.25, 0.3) is 0 Å². The summed E-state index contributed by atoms with van der Waals surface area (Å²) < 4.78 is 1.25. The van der Waals surface area contributed by atoms with Gasteiger partial charge in [0, 0.05) is 23.4 Å². The molecule has 188 valence electrons. The van der Waals surface area contributed by atoms with Gasteiger partial charge in [0.25, 0.3) is 5.91 Å². The van der Waals surface area contributed by atoms with E-state index in [0.717, 1.165) is 16.2 Å². The number of carbonyl (C=O) groups excluding carboxylic acids is 3. The molecule has 3 rings (SSSR count). The second-order valence-corrected chi connectivity index (χ2v) is 10.8. The Labute approximate surface area is 209 Å². The third-order valence-corrected chi connectivity index (χ3v) is 9.02. The Morgan fingerprint density at radius 3 is 2.32 bits per heavy atom. The number of quaternary nitrogens is 1. The molecule has 0 aromatic heterocycles. The minimum atomic E-state index is -0.550. The lowest BCUT2D eigenvalue weighted by atomic mass is 10.0. The number of hydrogen-bond acceptors (Lipinski definition) is 4. The Bertz CT molecular complexity index is 860. The highest BCUT2D eigenvalue weighted by atomic mass is 32.2. The van der Waals surface area contributed by atoms with Crippen molar-refractivity contribution in [2.24, 2.45) is 0 Å². The number of thioether (sulfide) groups is 1. The molecule has 1 atom stereocenters. The SMILES string of the molecule is CC[N+](CC)(CC)CCCCCCCCSc1cccc2c1CN(C1CCC(=O)NC1=O)C2=O. The van der Waals surface area contributed by atoms with Gasteiger partial charge in [0.2, 0.25) is 11.8 Å². The molecular weight excluding hydrogens is 446 g/mol. The van der Waals surface area contributed by atoms with Crippen molar-refractivity contribution in [2.45, 2.75) is 89.6 Å². The molecule has 2 heterocycles. The van der Waals surface area contributed by atoms with Gasteiger partial charge in [0.05, 0.1) is 26.2 Å². The summed E-state index contributed by atoms with van der Waals surface area (Å²) in [5, 5.41) is 2.37. The van der Waals surface area contributed by atoms with E-state index in [0.29, 0.717) is 18.5 Å². The normalized spacial score (nSPS) is 18.4. The molecule has 0 spiro atoms. The van der Waals surface area contributed by atoms with Crippen LogP contribution < -0.4 is 5.32 Å². The van der Waals surface area contributed by atoms with Gasteiger partial charge < -0.3 is 9.38 Å². The van der Waals surface area contributed by atoms with Gasteiger partial charge in [-0.05, 0) is 69.9 Å². The first-order chi connectivity index (χ1) is 16.4. The minimum Gasteiger partial charge on any atom is -0.324 e. The molecule has 1 saturated heterocycles. The van der Waals surface area contributed by atoms with E-state index in [1.54, 1.807) is 4.90 Å². The van der Waals surface area contributed by atoms with E-state index in [1.165, 1.54) is 69.2 Å². The zero-order valence-corrected chi connectivity index (χ0v) is 22.1. The number of hydrogen-bond donors (Lipinski definition) is 1. The zero-order valence-electron chi connectivity index (χ0n) is 21.2. The minimum absolute atomic E-state index is 0.0937. The van der Waals surface area contributed by atoms with Crippen LogP contribution in [0.15, 0.2) is 23.1 Å². The summed E-state index contributed by atoms with van der Waals surface area (Å²) >= 11 is 1.82. The maximum absolute atomic E-state index is 12.9. The van der Waals surface area contributed by atoms with Gasteiger partial charge in [-0.15, -0.1) is 11.8 Å². The van der Waals surface area contributed by atoms with Gasteiger partial charge in [0.1, 0.15) is 6.04 Å². The fraction of sp³-hybridized carbons (Fsp3) is 0.667. The first-order valence-electron chi connectivity index (χ1n) is 13.2. The highest BCUT2D eigenvalue weighted by Crippen LogP contribution is 2.34. The van der Waals surface area contributed by atoms with E-state index in [2.05, 4.69) is 32.2 Å². The molecule has 1 fully saturated rings. The van der Waals surface area contributed by atoms with Crippen LogP contribution in [0.1, 0.15) is 88.1 Å². The molecule has 1 N–H and O–H groups in total.